The first-order chi connectivity index (χ1) is 19.0. The number of thioether (sulfide) groups is 1. The van der Waals surface area contributed by atoms with Crippen molar-refractivity contribution in [2.75, 3.05) is 19.6 Å². The fourth-order valence-corrected chi connectivity index (χ4v) is 5.41. The highest BCUT2D eigenvalue weighted by Crippen LogP contribution is 2.38. The minimum absolute atomic E-state index is 0.166. The quantitative estimate of drug-likeness (QED) is 0.193. The molecule has 0 saturated carbocycles. The molecule has 1 unspecified atom stereocenters. The molecule has 0 saturated heterocycles. The van der Waals surface area contributed by atoms with E-state index in [1.54, 1.807) is 26.4 Å². The van der Waals surface area contributed by atoms with Crippen LogP contribution in [0.5, 0.6) is 17.2 Å². The summed E-state index contributed by atoms with van der Waals surface area (Å²) in [6.45, 7) is 0.645. The number of nitrogens with zero attached hydrogens (tertiary/aromatic N) is 2. The lowest BCUT2D eigenvalue weighted by Crippen LogP contribution is -2.19. The average molecular weight is 584 g/mol. The van der Waals surface area contributed by atoms with Gasteiger partial charge in [0.2, 0.25) is 0 Å². The SMILES string of the molecule is COc1cc(OCc2cccc(OCc3ccc(Cl)cc3Cl)c2)c2cc(-c3cn4c(n3)SC(OC)N4)oc2c1. The van der Waals surface area contributed by atoms with Gasteiger partial charge in [0.05, 0.1) is 18.7 Å². The van der Waals surface area contributed by atoms with E-state index in [4.69, 9.17) is 46.6 Å². The predicted molar refractivity (Wildman–Crippen MR) is 152 cm³/mol. The van der Waals surface area contributed by atoms with E-state index in [9.17, 15) is 0 Å². The third kappa shape index (κ3) is 5.49. The van der Waals surface area contributed by atoms with Gasteiger partial charge in [0.15, 0.2) is 16.5 Å². The number of aromatic nitrogens is 2. The molecular formula is C28H23Cl2N3O5S. The van der Waals surface area contributed by atoms with E-state index < -0.39 is 0 Å². The van der Waals surface area contributed by atoms with Gasteiger partial charge in [0, 0.05) is 34.9 Å². The van der Waals surface area contributed by atoms with Crippen LogP contribution in [0.25, 0.3) is 22.4 Å². The molecule has 3 heterocycles. The Morgan fingerprint density at radius 1 is 1.00 bits per heavy atom. The molecule has 1 aliphatic rings. The van der Waals surface area contributed by atoms with Crippen molar-refractivity contribution in [3.8, 4) is 28.7 Å². The van der Waals surface area contributed by atoms with Crippen molar-refractivity contribution in [1.29, 1.82) is 0 Å². The zero-order chi connectivity index (χ0) is 26.9. The summed E-state index contributed by atoms with van der Waals surface area (Å²) in [5.41, 5.74) is 6.16. The first-order valence-electron chi connectivity index (χ1n) is 11.9. The van der Waals surface area contributed by atoms with Crippen LogP contribution in [0.4, 0.5) is 0 Å². The summed E-state index contributed by atoms with van der Waals surface area (Å²) in [5.74, 6) is 2.59. The van der Waals surface area contributed by atoms with Gasteiger partial charge in [-0.25, -0.2) is 9.66 Å². The number of fused-ring (bicyclic) bond motifs is 2. The lowest BCUT2D eigenvalue weighted by Gasteiger charge is -2.11. The number of hydrogen-bond donors (Lipinski definition) is 1. The van der Waals surface area contributed by atoms with Crippen LogP contribution in [0, 0.1) is 0 Å². The van der Waals surface area contributed by atoms with Crippen LogP contribution in [0.2, 0.25) is 10.0 Å². The van der Waals surface area contributed by atoms with Crippen LogP contribution in [0.15, 0.2) is 76.4 Å². The molecular weight excluding hydrogens is 561 g/mol. The molecule has 0 aliphatic carbocycles. The van der Waals surface area contributed by atoms with Gasteiger partial charge < -0.3 is 23.4 Å². The van der Waals surface area contributed by atoms with Gasteiger partial charge in [-0.05, 0) is 47.7 Å². The minimum atomic E-state index is -0.166. The maximum atomic E-state index is 6.27. The molecule has 0 fully saturated rings. The highest BCUT2D eigenvalue weighted by atomic mass is 35.5. The van der Waals surface area contributed by atoms with Crippen LogP contribution < -0.4 is 19.6 Å². The van der Waals surface area contributed by atoms with Crippen LogP contribution in [-0.4, -0.2) is 29.4 Å². The third-order valence-electron chi connectivity index (χ3n) is 6.11. The van der Waals surface area contributed by atoms with Gasteiger partial charge in [-0.15, -0.1) is 0 Å². The van der Waals surface area contributed by atoms with Gasteiger partial charge in [-0.1, -0.05) is 41.4 Å². The number of halogens is 2. The molecule has 0 amide bonds. The van der Waals surface area contributed by atoms with Crippen LogP contribution >= 0.6 is 35.0 Å². The van der Waals surface area contributed by atoms with Crippen molar-refractivity contribution in [1.82, 2.24) is 9.66 Å². The second-order valence-electron chi connectivity index (χ2n) is 8.70. The molecule has 0 spiro atoms. The summed E-state index contributed by atoms with van der Waals surface area (Å²) in [6, 6.07) is 18.7. The number of nitrogens with one attached hydrogen (secondary N) is 1. The molecule has 200 valence electrons. The normalized spacial score (nSPS) is 14.3. The standard InChI is InChI=1S/C28H23Cl2N3O5S/c1-34-20-10-24(21-12-26(38-25(21)11-20)23-13-33-27(31-23)39-28(32-33)35-2)37-14-16-4-3-5-19(8-16)36-15-17-6-7-18(29)9-22(17)30/h3-13,28,32H,14-15H2,1-2H3. The van der Waals surface area contributed by atoms with E-state index in [1.807, 2.05) is 59.4 Å². The Hall–Kier alpha value is -3.50. The average Bonchev–Trinajstić information content (AvgIpc) is 3.64. The topological polar surface area (TPSA) is 79.9 Å². The molecule has 6 rings (SSSR count). The molecule has 0 radical (unpaired) electrons. The summed E-state index contributed by atoms with van der Waals surface area (Å²) in [6.07, 6.45) is 1.87. The summed E-state index contributed by atoms with van der Waals surface area (Å²) >= 11 is 13.7. The van der Waals surface area contributed by atoms with Crippen LogP contribution in [0.3, 0.4) is 0 Å². The van der Waals surface area contributed by atoms with Crippen LogP contribution in [-0.2, 0) is 18.0 Å². The molecule has 1 N–H and O–H groups in total. The van der Waals surface area contributed by atoms with Crippen molar-refractivity contribution in [2.45, 2.75) is 23.9 Å². The van der Waals surface area contributed by atoms with Gasteiger partial charge in [-0.3, -0.25) is 5.43 Å². The smallest absolute Gasteiger partial charge is 0.196 e. The van der Waals surface area contributed by atoms with Crippen molar-refractivity contribution in [3.63, 3.8) is 0 Å². The molecule has 3 aromatic carbocycles. The molecule has 39 heavy (non-hydrogen) atoms. The molecule has 2 aromatic heterocycles. The van der Waals surface area contributed by atoms with Gasteiger partial charge >= 0.3 is 0 Å². The summed E-state index contributed by atoms with van der Waals surface area (Å²) in [4.78, 5) is 4.67. The molecule has 11 heteroatoms. The van der Waals surface area contributed by atoms with Crippen molar-refractivity contribution < 1.29 is 23.4 Å². The Morgan fingerprint density at radius 2 is 1.90 bits per heavy atom. The fraction of sp³-hybridized carbons (Fsp3) is 0.179. The zero-order valence-corrected chi connectivity index (χ0v) is 23.3. The fourth-order valence-electron chi connectivity index (χ4n) is 4.13. The number of imidazole rings is 1. The first kappa shape index (κ1) is 25.8. The van der Waals surface area contributed by atoms with Gasteiger partial charge in [-0.2, -0.15) is 0 Å². The Bertz CT molecular complexity index is 1630. The largest absolute Gasteiger partial charge is 0.496 e. The Labute approximate surface area is 238 Å². The summed E-state index contributed by atoms with van der Waals surface area (Å²) in [7, 11) is 3.25. The Morgan fingerprint density at radius 3 is 2.69 bits per heavy atom. The number of rotatable bonds is 9. The van der Waals surface area contributed by atoms with Crippen molar-refractivity contribution in [3.05, 3.63) is 88.0 Å². The molecule has 8 nitrogen and oxygen atoms in total. The minimum Gasteiger partial charge on any atom is -0.496 e. The first-order valence-corrected chi connectivity index (χ1v) is 13.6. The third-order valence-corrected chi connectivity index (χ3v) is 7.71. The lowest BCUT2D eigenvalue weighted by atomic mass is 10.2. The number of hydrogen-bond acceptors (Lipinski definition) is 8. The lowest BCUT2D eigenvalue weighted by molar-refractivity contribution is 0.187. The highest BCUT2D eigenvalue weighted by Gasteiger charge is 2.25. The molecule has 0 bridgehead atoms. The number of ether oxygens (including phenoxy) is 4. The summed E-state index contributed by atoms with van der Waals surface area (Å²) in [5, 5.41) is 2.77. The molecule has 5 aromatic rings. The highest BCUT2D eigenvalue weighted by molar-refractivity contribution is 7.99. The van der Waals surface area contributed by atoms with E-state index in [-0.39, 0.29) is 5.56 Å². The monoisotopic (exact) mass is 583 g/mol. The number of benzene rings is 3. The van der Waals surface area contributed by atoms with Crippen molar-refractivity contribution >= 4 is 45.9 Å². The second-order valence-corrected chi connectivity index (χ2v) is 10.6. The summed E-state index contributed by atoms with van der Waals surface area (Å²) < 4.78 is 31.0. The molecule has 1 aliphatic heterocycles. The van der Waals surface area contributed by atoms with Crippen LogP contribution in [0.1, 0.15) is 11.1 Å². The van der Waals surface area contributed by atoms with E-state index >= 15 is 0 Å². The maximum absolute atomic E-state index is 6.27. The van der Waals surface area contributed by atoms with E-state index in [2.05, 4.69) is 10.4 Å². The second kappa shape index (κ2) is 10.9. The zero-order valence-electron chi connectivity index (χ0n) is 20.9. The van der Waals surface area contributed by atoms with Crippen molar-refractivity contribution in [2.24, 2.45) is 0 Å². The molecule has 1 atom stereocenters. The van der Waals surface area contributed by atoms with E-state index in [0.29, 0.717) is 57.5 Å². The predicted octanol–water partition coefficient (Wildman–Crippen LogP) is 7.35. The Balaban J connectivity index is 1.19. The maximum Gasteiger partial charge on any atom is 0.196 e. The number of methoxy groups -OCH3 is 2. The van der Waals surface area contributed by atoms with E-state index in [0.717, 1.165) is 21.7 Å². The number of furan rings is 1. The Kier molecular flexibility index (Phi) is 7.22. The van der Waals surface area contributed by atoms with Gasteiger partial charge in [0.25, 0.3) is 0 Å². The van der Waals surface area contributed by atoms with Gasteiger partial charge in [0.1, 0.15) is 41.7 Å². The van der Waals surface area contributed by atoms with E-state index in [1.165, 1.54) is 11.8 Å².